The number of hydrogen-bond donors (Lipinski definition) is 0. The van der Waals surface area contributed by atoms with E-state index < -0.39 is 0 Å². The maximum absolute atomic E-state index is 2.73. The second-order valence-corrected chi connectivity index (χ2v) is 5.40. The van der Waals surface area contributed by atoms with Crippen molar-refractivity contribution >= 4 is 0 Å². The highest BCUT2D eigenvalue weighted by Crippen LogP contribution is 2.16. The second kappa shape index (κ2) is 7.29. The van der Waals surface area contributed by atoms with Crippen molar-refractivity contribution in [3.63, 3.8) is 0 Å². The minimum Gasteiger partial charge on any atom is -0.298 e. The summed E-state index contributed by atoms with van der Waals surface area (Å²) >= 11 is 0. The van der Waals surface area contributed by atoms with E-state index in [4.69, 9.17) is 0 Å². The lowest BCUT2D eigenvalue weighted by atomic mass is 10.0. The summed E-state index contributed by atoms with van der Waals surface area (Å²) in [4.78, 5) is 5.33. The van der Waals surface area contributed by atoms with Crippen molar-refractivity contribution in [1.29, 1.82) is 0 Å². The van der Waals surface area contributed by atoms with Crippen LogP contribution in [0.2, 0.25) is 0 Å². The fourth-order valence-corrected chi connectivity index (χ4v) is 2.79. The van der Waals surface area contributed by atoms with E-state index in [-0.39, 0.29) is 0 Å². The highest BCUT2D eigenvalue weighted by molar-refractivity contribution is 4.79. The van der Waals surface area contributed by atoms with Gasteiger partial charge in [0.1, 0.15) is 0 Å². The summed E-state index contributed by atoms with van der Waals surface area (Å²) in [6.07, 6.45) is 5.43. The first-order valence-electron chi connectivity index (χ1n) is 7.17. The fraction of sp³-hybridized carbons (Fsp3) is 1.00. The highest BCUT2D eigenvalue weighted by Gasteiger charge is 2.23. The van der Waals surface area contributed by atoms with Crippen LogP contribution in [0.25, 0.3) is 0 Å². The zero-order chi connectivity index (χ0) is 12.0. The summed E-state index contributed by atoms with van der Waals surface area (Å²) in [6.45, 7) is 14.3. The van der Waals surface area contributed by atoms with E-state index in [1.165, 1.54) is 51.9 Å². The average Bonchev–Trinajstić information content (AvgIpc) is 2.29. The van der Waals surface area contributed by atoms with Crippen LogP contribution in [0.4, 0.5) is 0 Å². The number of hydrogen-bond acceptors (Lipinski definition) is 2. The Hall–Kier alpha value is -0.0800. The largest absolute Gasteiger partial charge is 0.298 e. The molecule has 0 aliphatic carbocycles. The lowest BCUT2D eigenvalue weighted by molar-refractivity contribution is 0.0712. The van der Waals surface area contributed by atoms with Crippen molar-refractivity contribution in [3.05, 3.63) is 0 Å². The van der Waals surface area contributed by atoms with Crippen LogP contribution >= 0.6 is 0 Å². The van der Waals surface area contributed by atoms with Crippen LogP contribution in [0.1, 0.15) is 53.4 Å². The Bertz CT molecular complexity index is 166. The highest BCUT2D eigenvalue weighted by atomic mass is 15.3. The molecule has 0 aromatic heterocycles. The molecule has 16 heavy (non-hydrogen) atoms. The number of rotatable bonds is 6. The smallest absolute Gasteiger partial charge is 0.0113 e. The van der Waals surface area contributed by atoms with E-state index in [0.717, 1.165) is 12.1 Å². The van der Waals surface area contributed by atoms with Crippen LogP contribution in [0, 0.1) is 0 Å². The number of nitrogens with zero attached hydrogens (tertiary/aromatic N) is 2. The molecule has 0 aromatic rings. The molecule has 96 valence electrons. The molecule has 2 nitrogen and oxygen atoms in total. The van der Waals surface area contributed by atoms with Gasteiger partial charge in [-0.05, 0) is 26.7 Å². The molecule has 1 fully saturated rings. The Morgan fingerprint density at radius 2 is 1.25 bits per heavy atom. The summed E-state index contributed by atoms with van der Waals surface area (Å²) < 4.78 is 0. The topological polar surface area (TPSA) is 6.48 Å². The summed E-state index contributed by atoms with van der Waals surface area (Å²) in [5.74, 6) is 0. The van der Waals surface area contributed by atoms with Crippen LogP contribution in [0.5, 0.6) is 0 Å². The lowest BCUT2D eigenvalue weighted by Gasteiger charge is -2.41. The van der Waals surface area contributed by atoms with Gasteiger partial charge in [-0.25, -0.2) is 0 Å². The minimum absolute atomic E-state index is 0.720. The van der Waals surface area contributed by atoms with Crippen molar-refractivity contribution in [1.82, 2.24) is 9.80 Å². The first kappa shape index (κ1) is 14.0. The molecule has 1 heterocycles. The Morgan fingerprint density at radius 1 is 0.812 bits per heavy atom. The molecular weight excluding hydrogens is 196 g/mol. The van der Waals surface area contributed by atoms with E-state index in [1.54, 1.807) is 0 Å². The van der Waals surface area contributed by atoms with Crippen molar-refractivity contribution < 1.29 is 0 Å². The molecular formula is C14H30N2. The van der Waals surface area contributed by atoms with Crippen LogP contribution in [0.3, 0.4) is 0 Å². The molecule has 0 radical (unpaired) electrons. The molecule has 0 atom stereocenters. The Morgan fingerprint density at radius 3 is 1.62 bits per heavy atom. The molecule has 1 aliphatic heterocycles. The Balaban J connectivity index is 2.37. The second-order valence-electron chi connectivity index (χ2n) is 5.40. The van der Waals surface area contributed by atoms with Crippen LogP contribution < -0.4 is 0 Å². The molecule has 0 saturated carbocycles. The van der Waals surface area contributed by atoms with Crippen LogP contribution in [-0.2, 0) is 0 Å². The molecule has 0 N–H and O–H groups in total. The van der Waals surface area contributed by atoms with Crippen molar-refractivity contribution in [3.8, 4) is 0 Å². The van der Waals surface area contributed by atoms with Gasteiger partial charge in [0.05, 0.1) is 0 Å². The van der Waals surface area contributed by atoms with Crippen LogP contribution in [0.15, 0.2) is 0 Å². The van der Waals surface area contributed by atoms with E-state index in [9.17, 15) is 0 Å². The zero-order valence-electron chi connectivity index (χ0n) is 11.7. The van der Waals surface area contributed by atoms with E-state index in [0.29, 0.717) is 0 Å². The molecule has 1 aliphatic rings. The Labute approximate surface area is 102 Å². The van der Waals surface area contributed by atoms with E-state index >= 15 is 0 Å². The molecule has 2 heteroatoms. The van der Waals surface area contributed by atoms with Gasteiger partial charge in [-0.15, -0.1) is 0 Å². The summed E-state index contributed by atoms with van der Waals surface area (Å²) in [7, 11) is 0. The van der Waals surface area contributed by atoms with Gasteiger partial charge in [-0.3, -0.25) is 9.80 Å². The third kappa shape index (κ3) is 4.06. The van der Waals surface area contributed by atoms with Gasteiger partial charge in [-0.1, -0.05) is 26.7 Å². The third-order valence-corrected chi connectivity index (χ3v) is 3.84. The van der Waals surface area contributed by atoms with Gasteiger partial charge in [0.2, 0.25) is 0 Å². The lowest BCUT2D eigenvalue weighted by Crippen LogP contribution is -2.52. The van der Waals surface area contributed by atoms with Gasteiger partial charge in [0.15, 0.2) is 0 Å². The van der Waals surface area contributed by atoms with Gasteiger partial charge >= 0.3 is 0 Å². The summed E-state index contributed by atoms with van der Waals surface area (Å²) in [5, 5.41) is 0. The van der Waals surface area contributed by atoms with Crippen LogP contribution in [-0.4, -0.2) is 48.1 Å². The SMILES string of the molecule is CCCC(CCC)N1CCN(C(C)C)CC1. The van der Waals surface area contributed by atoms with Gasteiger partial charge in [0.25, 0.3) is 0 Å². The summed E-state index contributed by atoms with van der Waals surface area (Å²) in [5.41, 5.74) is 0. The van der Waals surface area contributed by atoms with E-state index in [2.05, 4.69) is 37.5 Å². The van der Waals surface area contributed by atoms with Gasteiger partial charge in [0, 0.05) is 38.3 Å². The molecule has 0 aromatic carbocycles. The third-order valence-electron chi connectivity index (χ3n) is 3.84. The fourth-order valence-electron chi connectivity index (χ4n) is 2.79. The molecule has 1 saturated heterocycles. The quantitative estimate of drug-likeness (QED) is 0.687. The molecule has 0 amide bonds. The zero-order valence-corrected chi connectivity index (χ0v) is 11.7. The first-order chi connectivity index (χ1) is 7.69. The molecule has 0 unspecified atom stereocenters. The first-order valence-corrected chi connectivity index (χ1v) is 7.17. The predicted molar refractivity (Wildman–Crippen MR) is 71.9 cm³/mol. The normalized spacial score (nSPS) is 19.9. The van der Waals surface area contributed by atoms with Crippen molar-refractivity contribution in [2.45, 2.75) is 65.5 Å². The Kier molecular flexibility index (Phi) is 6.37. The minimum atomic E-state index is 0.720. The van der Waals surface area contributed by atoms with Crippen molar-refractivity contribution in [2.75, 3.05) is 26.2 Å². The monoisotopic (exact) mass is 226 g/mol. The predicted octanol–water partition coefficient (Wildman–Crippen LogP) is 2.98. The van der Waals surface area contributed by atoms with Gasteiger partial charge in [-0.2, -0.15) is 0 Å². The maximum atomic E-state index is 2.73. The number of piperazine rings is 1. The summed E-state index contributed by atoms with van der Waals surface area (Å²) in [6, 6.07) is 1.57. The van der Waals surface area contributed by atoms with Crippen molar-refractivity contribution in [2.24, 2.45) is 0 Å². The van der Waals surface area contributed by atoms with E-state index in [1.807, 2.05) is 0 Å². The maximum Gasteiger partial charge on any atom is 0.0113 e. The average molecular weight is 226 g/mol. The van der Waals surface area contributed by atoms with Gasteiger partial charge < -0.3 is 0 Å². The standard InChI is InChI=1S/C14H30N2/c1-5-7-14(8-6-2)16-11-9-15(10-12-16)13(3)4/h13-14H,5-12H2,1-4H3. The molecule has 0 bridgehead atoms. The molecule has 0 spiro atoms. The molecule has 1 rings (SSSR count).